The molecule has 1 aromatic heterocycles. The molecule has 0 atom stereocenters. The Morgan fingerprint density at radius 3 is 2.44 bits per heavy atom. The molecule has 94 valence electrons. The molecule has 0 radical (unpaired) electrons. The molecular formula is C12H7F3O2S. The first-order valence-electron chi connectivity index (χ1n) is 4.89. The lowest BCUT2D eigenvalue weighted by Gasteiger charge is -2.04. The molecule has 0 amide bonds. The number of benzene rings is 1. The van der Waals surface area contributed by atoms with E-state index in [1.54, 1.807) is 13.0 Å². The normalized spacial score (nSPS) is 10.7. The quantitative estimate of drug-likeness (QED) is 0.672. The van der Waals surface area contributed by atoms with Gasteiger partial charge in [0.1, 0.15) is 0 Å². The summed E-state index contributed by atoms with van der Waals surface area (Å²) in [7, 11) is 0. The number of phenols is 1. The standard InChI is InChI=1S/C12H7F3O2S/c1-5-2-3-8(18-5)11(16)6-4-7(13)10(15)12(17)9(6)14/h2-4,17H,1H3. The van der Waals surface area contributed by atoms with Gasteiger partial charge in [-0.1, -0.05) is 0 Å². The van der Waals surface area contributed by atoms with E-state index in [9.17, 15) is 18.0 Å². The predicted molar refractivity (Wildman–Crippen MR) is 60.5 cm³/mol. The van der Waals surface area contributed by atoms with E-state index < -0.39 is 34.5 Å². The lowest BCUT2D eigenvalue weighted by Crippen LogP contribution is -2.05. The average Bonchev–Trinajstić information content (AvgIpc) is 2.77. The summed E-state index contributed by atoms with van der Waals surface area (Å²) in [5, 5.41) is 9.03. The molecule has 2 nitrogen and oxygen atoms in total. The van der Waals surface area contributed by atoms with Crippen molar-refractivity contribution in [2.45, 2.75) is 6.92 Å². The molecule has 1 aromatic carbocycles. The van der Waals surface area contributed by atoms with Crippen molar-refractivity contribution in [3.8, 4) is 5.75 Å². The van der Waals surface area contributed by atoms with Crippen molar-refractivity contribution in [2.75, 3.05) is 0 Å². The molecule has 1 heterocycles. The number of hydrogen-bond acceptors (Lipinski definition) is 3. The monoisotopic (exact) mass is 272 g/mol. The molecule has 1 N–H and O–H groups in total. The van der Waals surface area contributed by atoms with Crippen LogP contribution in [-0.4, -0.2) is 10.9 Å². The van der Waals surface area contributed by atoms with Crippen LogP contribution in [0.1, 0.15) is 20.1 Å². The van der Waals surface area contributed by atoms with Crippen LogP contribution in [-0.2, 0) is 0 Å². The number of aryl methyl sites for hydroxylation is 1. The third-order valence-corrected chi connectivity index (χ3v) is 3.34. The topological polar surface area (TPSA) is 37.3 Å². The Morgan fingerprint density at radius 2 is 1.89 bits per heavy atom. The number of halogens is 3. The molecule has 0 bridgehead atoms. The van der Waals surface area contributed by atoms with Gasteiger partial charge in [0.15, 0.2) is 17.4 Å². The van der Waals surface area contributed by atoms with Crippen molar-refractivity contribution < 1.29 is 23.1 Å². The van der Waals surface area contributed by atoms with E-state index in [0.717, 1.165) is 16.2 Å². The highest BCUT2D eigenvalue weighted by Gasteiger charge is 2.23. The van der Waals surface area contributed by atoms with Crippen molar-refractivity contribution in [2.24, 2.45) is 0 Å². The second-order valence-electron chi connectivity index (χ2n) is 3.62. The molecule has 0 aliphatic carbocycles. The van der Waals surface area contributed by atoms with Gasteiger partial charge in [-0.2, -0.15) is 4.39 Å². The number of aromatic hydroxyl groups is 1. The molecule has 0 saturated heterocycles. The highest BCUT2D eigenvalue weighted by molar-refractivity contribution is 7.14. The van der Waals surface area contributed by atoms with Crippen molar-refractivity contribution >= 4 is 17.1 Å². The lowest BCUT2D eigenvalue weighted by atomic mass is 10.1. The Labute approximate surface area is 104 Å². The van der Waals surface area contributed by atoms with Gasteiger partial charge in [-0.05, 0) is 25.1 Å². The van der Waals surface area contributed by atoms with E-state index in [0.29, 0.717) is 6.07 Å². The summed E-state index contributed by atoms with van der Waals surface area (Å²) < 4.78 is 39.4. The molecule has 0 aliphatic rings. The van der Waals surface area contributed by atoms with Crippen LogP contribution in [0, 0.1) is 24.4 Å². The van der Waals surface area contributed by atoms with Gasteiger partial charge in [-0.15, -0.1) is 11.3 Å². The van der Waals surface area contributed by atoms with E-state index in [1.165, 1.54) is 6.07 Å². The number of phenolic OH excluding ortho intramolecular Hbond substituents is 1. The second-order valence-corrected chi connectivity index (χ2v) is 4.91. The summed E-state index contributed by atoms with van der Waals surface area (Å²) in [5.74, 6) is -6.90. The third-order valence-electron chi connectivity index (χ3n) is 2.34. The van der Waals surface area contributed by atoms with Crippen LogP contribution in [0.3, 0.4) is 0 Å². The molecule has 6 heteroatoms. The summed E-state index contributed by atoms with van der Waals surface area (Å²) in [5.41, 5.74) is -0.687. The maximum absolute atomic E-state index is 13.5. The lowest BCUT2D eigenvalue weighted by molar-refractivity contribution is 0.103. The molecule has 0 saturated carbocycles. The van der Waals surface area contributed by atoms with Crippen molar-refractivity contribution in [1.29, 1.82) is 0 Å². The first-order chi connectivity index (χ1) is 8.41. The third kappa shape index (κ3) is 1.99. The Hall–Kier alpha value is -1.82. The fourth-order valence-electron chi connectivity index (χ4n) is 1.44. The highest BCUT2D eigenvalue weighted by atomic mass is 32.1. The van der Waals surface area contributed by atoms with Crippen LogP contribution in [0.2, 0.25) is 0 Å². The largest absolute Gasteiger partial charge is 0.503 e. The minimum absolute atomic E-state index is 0.191. The summed E-state index contributed by atoms with van der Waals surface area (Å²) in [6.45, 7) is 1.75. The number of carbonyl (C=O) groups is 1. The maximum atomic E-state index is 13.5. The van der Waals surface area contributed by atoms with Crippen LogP contribution >= 0.6 is 11.3 Å². The van der Waals surface area contributed by atoms with E-state index in [-0.39, 0.29) is 4.88 Å². The summed E-state index contributed by atoms with van der Waals surface area (Å²) in [6, 6.07) is 3.55. The van der Waals surface area contributed by atoms with Gasteiger partial charge in [-0.25, -0.2) is 8.78 Å². The van der Waals surface area contributed by atoms with Gasteiger partial charge >= 0.3 is 0 Å². The fraction of sp³-hybridized carbons (Fsp3) is 0.0833. The van der Waals surface area contributed by atoms with E-state index >= 15 is 0 Å². The Bertz CT molecular complexity index is 634. The van der Waals surface area contributed by atoms with Crippen LogP contribution in [0.15, 0.2) is 18.2 Å². The van der Waals surface area contributed by atoms with E-state index in [1.807, 2.05) is 0 Å². The molecular weight excluding hydrogens is 265 g/mol. The van der Waals surface area contributed by atoms with Gasteiger partial charge in [0.05, 0.1) is 10.4 Å². The number of hydrogen-bond donors (Lipinski definition) is 1. The summed E-state index contributed by atoms with van der Waals surface area (Å²) >= 11 is 1.10. The number of thiophene rings is 1. The first-order valence-corrected chi connectivity index (χ1v) is 5.71. The smallest absolute Gasteiger partial charge is 0.206 e. The minimum Gasteiger partial charge on any atom is -0.503 e. The summed E-state index contributed by atoms with van der Waals surface area (Å²) in [4.78, 5) is 12.9. The van der Waals surface area contributed by atoms with Gasteiger partial charge < -0.3 is 5.11 Å². The van der Waals surface area contributed by atoms with Crippen LogP contribution < -0.4 is 0 Å². The zero-order valence-corrected chi connectivity index (χ0v) is 9.95. The molecule has 0 aliphatic heterocycles. The Balaban J connectivity index is 2.55. The van der Waals surface area contributed by atoms with Crippen molar-refractivity contribution in [3.05, 3.63) is 51.0 Å². The van der Waals surface area contributed by atoms with Gasteiger partial charge in [0.25, 0.3) is 0 Å². The van der Waals surface area contributed by atoms with Gasteiger partial charge in [0, 0.05) is 4.88 Å². The fourth-order valence-corrected chi connectivity index (χ4v) is 2.27. The zero-order chi connectivity index (χ0) is 13.4. The summed E-state index contributed by atoms with van der Waals surface area (Å²) in [6.07, 6.45) is 0. The first kappa shape index (κ1) is 12.6. The SMILES string of the molecule is Cc1ccc(C(=O)c2cc(F)c(F)c(O)c2F)s1. The van der Waals surface area contributed by atoms with Gasteiger partial charge in [-0.3, -0.25) is 4.79 Å². The highest BCUT2D eigenvalue weighted by Crippen LogP contribution is 2.28. The number of ketones is 1. The average molecular weight is 272 g/mol. The molecule has 2 aromatic rings. The molecule has 2 rings (SSSR count). The van der Waals surface area contributed by atoms with Crippen LogP contribution in [0.4, 0.5) is 13.2 Å². The van der Waals surface area contributed by atoms with Crippen molar-refractivity contribution in [1.82, 2.24) is 0 Å². The Kier molecular flexibility index (Phi) is 3.13. The maximum Gasteiger partial charge on any atom is 0.206 e. The van der Waals surface area contributed by atoms with Gasteiger partial charge in [0.2, 0.25) is 11.6 Å². The molecule has 0 unspecified atom stereocenters. The Morgan fingerprint density at radius 1 is 1.22 bits per heavy atom. The minimum atomic E-state index is -1.70. The second kappa shape index (κ2) is 4.45. The number of carbonyl (C=O) groups excluding carboxylic acids is 1. The molecule has 0 spiro atoms. The van der Waals surface area contributed by atoms with Crippen molar-refractivity contribution in [3.63, 3.8) is 0 Å². The van der Waals surface area contributed by atoms with E-state index in [2.05, 4.69) is 0 Å². The molecule has 18 heavy (non-hydrogen) atoms. The molecule has 0 fully saturated rings. The number of rotatable bonds is 2. The van der Waals surface area contributed by atoms with E-state index in [4.69, 9.17) is 5.11 Å². The zero-order valence-electron chi connectivity index (χ0n) is 9.13. The van der Waals surface area contributed by atoms with Crippen LogP contribution in [0.5, 0.6) is 5.75 Å². The van der Waals surface area contributed by atoms with Crippen LogP contribution in [0.25, 0.3) is 0 Å². The predicted octanol–water partition coefficient (Wildman–Crippen LogP) is 3.41.